The molecule has 158 valence electrons. The molecule has 0 fully saturated rings. The molecule has 0 saturated heterocycles. The van der Waals surface area contributed by atoms with E-state index in [1.165, 1.54) is 5.56 Å². The van der Waals surface area contributed by atoms with Crippen LogP contribution in [0, 0.1) is 0 Å². The maximum absolute atomic E-state index is 12.4. The summed E-state index contributed by atoms with van der Waals surface area (Å²) in [5, 5.41) is -0.995. The Kier molecular flexibility index (Phi) is 7.30. The number of aryl methyl sites for hydroxylation is 2. The normalized spacial score (nSPS) is 14.4. The van der Waals surface area contributed by atoms with Gasteiger partial charge in [-0.3, -0.25) is 4.55 Å². The summed E-state index contributed by atoms with van der Waals surface area (Å²) in [6.45, 7) is 6.14. The summed E-state index contributed by atoms with van der Waals surface area (Å²) in [6, 6.07) is 12.5. The molecule has 0 saturated carbocycles. The second-order valence-electron chi connectivity index (χ2n) is 7.62. The van der Waals surface area contributed by atoms with Crippen molar-refractivity contribution in [2.45, 2.75) is 80.9 Å². The first-order valence-electron chi connectivity index (χ1n) is 10.6. The number of rotatable bonds is 9. The van der Waals surface area contributed by atoms with Gasteiger partial charge in [0.2, 0.25) is 0 Å². The standard InChI is InChI=1S/C23H31NO3S2/c1-4-7-10-17-14-15-20-19(16-17)24(22(6-3)29(25,26)27)23-18(11-8-5-2)12-9-13-21(23)28-20/h9,12-16,22H,4-8,10-11H2,1-3H3,(H,25,26,27). The first kappa shape index (κ1) is 22.2. The van der Waals surface area contributed by atoms with E-state index in [0.717, 1.165) is 65.3 Å². The molecule has 1 heterocycles. The minimum Gasteiger partial charge on any atom is -0.319 e. The highest BCUT2D eigenvalue weighted by Crippen LogP contribution is 2.51. The zero-order valence-corrected chi connectivity index (χ0v) is 19.2. The summed E-state index contributed by atoms with van der Waals surface area (Å²) in [6.07, 6.45) is 6.50. The fourth-order valence-electron chi connectivity index (χ4n) is 3.93. The molecule has 1 atom stereocenters. The molecule has 6 heteroatoms. The van der Waals surface area contributed by atoms with Crippen LogP contribution in [0.1, 0.15) is 64.0 Å². The molecule has 1 unspecified atom stereocenters. The molecule has 0 aliphatic carbocycles. The van der Waals surface area contributed by atoms with Gasteiger partial charge < -0.3 is 4.90 Å². The predicted molar refractivity (Wildman–Crippen MR) is 122 cm³/mol. The highest BCUT2D eigenvalue weighted by molar-refractivity contribution is 7.99. The van der Waals surface area contributed by atoms with Gasteiger partial charge in [-0.25, -0.2) is 0 Å². The number of anilines is 2. The number of hydrogen-bond donors (Lipinski definition) is 1. The third-order valence-electron chi connectivity index (χ3n) is 5.43. The zero-order valence-electron chi connectivity index (χ0n) is 17.5. The summed E-state index contributed by atoms with van der Waals surface area (Å²) >= 11 is 1.69. The zero-order chi connectivity index (χ0) is 21.0. The SMILES string of the molecule is CCCCc1ccc2c(c1)N(C(CC)S(=O)(=O)O)c1c(CCCC)cccc1S2. The fraction of sp³-hybridized carbons (Fsp3) is 0.478. The van der Waals surface area contributed by atoms with Crippen LogP contribution in [0.4, 0.5) is 11.4 Å². The van der Waals surface area contributed by atoms with E-state index in [1.807, 2.05) is 24.0 Å². The number of benzene rings is 2. The highest BCUT2D eigenvalue weighted by Gasteiger charge is 2.36. The number of hydrogen-bond acceptors (Lipinski definition) is 4. The third kappa shape index (κ3) is 4.81. The van der Waals surface area contributed by atoms with Crippen LogP contribution in [-0.4, -0.2) is 18.3 Å². The summed E-state index contributed by atoms with van der Waals surface area (Å²) in [5.41, 5.74) is 4.18. The van der Waals surface area contributed by atoms with Crippen molar-refractivity contribution in [3.05, 3.63) is 47.5 Å². The van der Waals surface area contributed by atoms with Gasteiger partial charge in [-0.15, -0.1) is 0 Å². The largest absolute Gasteiger partial charge is 0.319 e. The summed E-state index contributed by atoms with van der Waals surface area (Å²) < 4.78 is 34.8. The molecule has 2 aromatic rings. The van der Waals surface area contributed by atoms with Gasteiger partial charge in [0.25, 0.3) is 10.1 Å². The Morgan fingerprint density at radius 1 is 1.00 bits per heavy atom. The van der Waals surface area contributed by atoms with Gasteiger partial charge in [0, 0.05) is 9.79 Å². The van der Waals surface area contributed by atoms with Crippen molar-refractivity contribution in [2.24, 2.45) is 0 Å². The van der Waals surface area contributed by atoms with Crippen molar-refractivity contribution in [3.8, 4) is 0 Å². The van der Waals surface area contributed by atoms with E-state index in [1.54, 1.807) is 11.8 Å². The van der Waals surface area contributed by atoms with E-state index in [2.05, 4.69) is 38.1 Å². The van der Waals surface area contributed by atoms with Gasteiger partial charge in [-0.1, -0.05) is 63.6 Å². The summed E-state index contributed by atoms with van der Waals surface area (Å²) in [7, 11) is -4.25. The summed E-state index contributed by atoms with van der Waals surface area (Å²) in [4.78, 5) is 3.97. The topological polar surface area (TPSA) is 57.6 Å². The maximum atomic E-state index is 12.4. The minimum atomic E-state index is -4.25. The molecule has 0 amide bonds. The number of fused-ring (bicyclic) bond motifs is 2. The Hall–Kier alpha value is -1.50. The van der Waals surface area contributed by atoms with E-state index < -0.39 is 15.5 Å². The van der Waals surface area contributed by atoms with Crippen LogP contribution in [0.5, 0.6) is 0 Å². The van der Waals surface area contributed by atoms with E-state index in [4.69, 9.17) is 0 Å². The van der Waals surface area contributed by atoms with Crippen molar-refractivity contribution >= 4 is 33.3 Å². The van der Waals surface area contributed by atoms with Gasteiger partial charge in [-0.05, 0) is 61.4 Å². The van der Waals surface area contributed by atoms with Crippen molar-refractivity contribution in [1.82, 2.24) is 0 Å². The molecule has 3 rings (SSSR count). The van der Waals surface area contributed by atoms with Gasteiger partial charge >= 0.3 is 0 Å². The Morgan fingerprint density at radius 3 is 2.38 bits per heavy atom. The average molecular weight is 434 g/mol. The van der Waals surface area contributed by atoms with Crippen molar-refractivity contribution in [1.29, 1.82) is 0 Å². The van der Waals surface area contributed by atoms with Gasteiger partial charge in [0.1, 0.15) is 0 Å². The van der Waals surface area contributed by atoms with Crippen LogP contribution in [0.25, 0.3) is 0 Å². The Balaban J connectivity index is 2.19. The monoisotopic (exact) mass is 433 g/mol. The second-order valence-corrected chi connectivity index (χ2v) is 10.3. The Morgan fingerprint density at radius 2 is 1.72 bits per heavy atom. The maximum Gasteiger partial charge on any atom is 0.286 e. The fourth-order valence-corrected chi connectivity index (χ4v) is 5.95. The molecule has 0 radical (unpaired) electrons. The highest BCUT2D eigenvalue weighted by atomic mass is 32.2. The minimum absolute atomic E-state index is 0.309. The molecule has 1 aliphatic heterocycles. The van der Waals surface area contributed by atoms with E-state index in [0.29, 0.717) is 6.42 Å². The smallest absolute Gasteiger partial charge is 0.286 e. The molecular weight excluding hydrogens is 402 g/mol. The lowest BCUT2D eigenvalue weighted by atomic mass is 10.0. The van der Waals surface area contributed by atoms with Gasteiger partial charge in [-0.2, -0.15) is 8.42 Å². The number of nitrogens with zero attached hydrogens (tertiary/aromatic N) is 1. The molecule has 0 aromatic heterocycles. The molecule has 2 aromatic carbocycles. The number of unbranched alkanes of at least 4 members (excludes halogenated alkanes) is 2. The molecule has 1 aliphatic rings. The molecule has 1 N–H and O–H groups in total. The lowest BCUT2D eigenvalue weighted by Crippen LogP contribution is -2.39. The van der Waals surface area contributed by atoms with E-state index in [9.17, 15) is 13.0 Å². The lowest BCUT2D eigenvalue weighted by Gasteiger charge is -2.38. The van der Waals surface area contributed by atoms with Crippen LogP contribution in [0.2, 0.25) is 0 Å². The molecule has 4 nitrogen and oxygen atoms in total. The lowest BCUT2D eigenvalue weighted by molar-refractivity contribution is 0.464. The van der Waals surface area contributed by atoms with Crippen molar-refractivity contribution in [2.75, 3.05) is 4.90 Å². The first-order chi connectivity index (χ1) is 13.9. The van der Waals surface area contributed by atoms with E-state index >= 15 is 0 Å². The first-order valence-corrected chi connectivity index (χ1v) is 12.9. The molecule has 29 heavy (non-hydrogen) atoms. The van der Waals surface area contributed by atoms with Gasteiger partial charge in [0.15, 0.2) is 5.37 Å². The third-order valence-corrected chi connectivity index (χ3v) is 7.77. The number of para-hydroxylation sites is 1. The molecular formula is C23H31NO3S2. The molecule has 0 bridgehead atoms. The van der Waals surface area contributed by atoms with Crippen LogP contribution < -0.4 is 4.90 Å². The second kappa shape index (κ2) is 9.54. The van der Waals surface area contributed by atoms with Crippen molar-refractivity contribution in [3.63, 3.8) is 0 Å². The average Bonchev–Trinajstić information content (AvgIpc) is 2.69. The molecule has 0 spiro atoms. The van der Waals surface area contributed by atoms with Crippen LogP contribution >= 0.6 is 11.8 Å². The van der Waals surface area contributed by atoms with Gasteiger partial charge in [0.05, 0.1) is 11.4 Å². The van der Waals surface area contributed by atoms with Crippen molar-refractivity contribution < 1.29 is 13.0 Å². The van der Waals surface area contributed by atoms with Crippen LogP contribution in [-0.2, 0) is 23.0 Å². The van der Waals surface area contributed by atoms with Crippen LogP contribution in [0.3, 0.4) is 0 Å². The predicted octanol–water partition coefficient (Wildman–Crippen LogP) is 6.60. The Bertz CT molecular complexity index is 957. The quantitative estimate of drug-likeness (QED) is 0.452. The van der Waals surface area contributed by atoms with Crippen LogP contribution in [0.15, 0.2) is 46.2 Å². The Labute approximate surface area is 179 Å². The summed E-state index contributed by atoms with van der Waals surface area (Å²) in [5.74, 6) is 0. The van der Waals surface area contributed by atoms with E-state index in [-0.39, 0.29) is 0 Å².